The van der Waals surface area contributed by atoms with Gasteiger partial charge in [0.1, 0.15) is 0 Å². The summed E-state index contributed by atoms with van der Waals surface area (Å²) in [7, 11) is 1.76. The third kappa shape index (κ3) is 1.38. The second-order valence-electron chi connectivity index (χ2n) is 4.36. The lowest BCUT2D eigenvalue weighted by molar-refractivity contribution is -0.0582. The highest BCUT2D eigenvalue weighted by molar-refractivity contribution is 4.91. The molecule has 0 amide bonds. The summed E-state index contributed by atoms with van der Waals surface area (Å²) < 4.78 is 5.17. The Bertz CT molecular complexity index is 158. The van der Waals surface area contributed by atoms with Gasteiger partial charge in [0, 0.05) is 13.7 Å². The van der Waals surface area contributed by atoms with Gasteiger partial charge in [-0.05, 0) is 43.4 Å². The molecular formula is C10H18O2. The first kappa shape index (κ1) is 8.52. The Morgan fingerprint density at radius 3 is 2.75 bits per heavy atom. The summed E-state index contributed by atoms with van der Waals surface area (Å²) in [5, 5.41) is 9.74. The lowest BCUT2D eigenvalue weighted by Gasteiger charge is -2.45. The average Bonchev–Trinajstić information content (AvgIpc) is 2.05. The van der Waals surface area contributed by atoms with Crippen molar-refractivity contribution in [2.24, 2.45) is 17.8 Å². The van der Waals surface area contributed by atoms with E-state index in [1.54, 1.807) is 7.11 Å². The molecule has 3 saturated carbocycles. The highest BCUT2D eigenvalue weighted by Crippen LogP contribution is 2.44. The number of rotatable bonds is 2. The number of aliphatic hydroxyl groups is 1. The van der Waals surface area contributed by atoms with Crippen molar-refractivity contribution in [2.75, 3.05) is 13.7 Å². The predicted octanol–water partition coefficient (Wildman–Crippen LogP) is 1.43. The van der Waals surface area contributed by atoms with Gasteiger partial charge in [0.15, 0.2) is 0 Å². The molecule has 1 N–H and O–H groups in total. The average molecular weight is 170 g/mol. The van der Waals surface area contributed by atoms with Crippen molar-refractivity contribution in [1.29, 1.82) is 0 Å². The molecule has 2 heteroatoms. The van der Waals surface area contributed by atoms with Crippen molar-refractivity contribution in [3.8, 4) is 0 Å². The normalized spacial score (nSPS) is 46.5. The smallest absolute Gasteiger partial charge is 0.0574 e. The van der Waals surface area contributed by atoms with E-state index in [0.717, 1.165) is 18.9 Å². The number of aliphatic hydroxyl groups excluding tert-OH is 1. The van der Waals surface area contributed by atoms with Crippen LogP contribution < -0.4 is 0 Å². The van der Waals surface area contributed by atoms with Gasteiger partial charge in [0.25, 0.3) is 0 Å². The largest absolute Gasteiger partial charge is 0.393 e. The van der Waals surface area contributed by atoms with Gasteiger partial charge >= 0.3 is 0 Å². The maximum atomic E-state index is 9.74. The summed E-state index contributed by atoms with van der Waals surface area (Å²) >= 11 is 0. The molecule has 2 bridgehead atoms. The predicted molar refractivity (Wildman–Crippen MR) is 46.8 cm³/mol. The van der Waals surface area contributed by atoms with Crippen LogP contribution in [0.4, 0.5) is 0 Å². The van der Waals surface area contributed by atoms with Crippen molar-refractivity contribution in [3.05, 3.63) is 0 Å². The summed E-state index contributed by atoms with van der Waals surface area (Å²) in [6.07, 6.45) is 4.86. The minimum absolute atomic E-state index is 0.0300. The quantitative estimate of drug-likeness (QED) is 0.679. The van der Waals surface area contributed by atoms with Gasteiger partial charge in [-0.3, -0.25) is 0 Å². The van der Waals surface area contributed by atoms with Crippen molar-refractivity contribution < 1.29 is 9.84 Å². The summed E-state index contributed by atoms with van der Waals surface area (Å²) in [4.78, 5) is 0. The second kappa shape index (κ2) is 3.35. The molecule has 3 aliphatic carbocycles. The molecule has 0 aromatic heterocycles. The molecule has 0 unspecified atom stereocenters. The van der Waals surface area contributed by atoms with Gasteiger partial charge in [0.05, 0.1) is 6.10 Å². The first-order chi connectivity index (χ1) is 5.81. The van der Waals surface area contributed by atoms with Crippen LogP contribution >= 0.6 is 0 Å². The molecule has 0 aromatic carbocycles. The zero-order valence-electron chi connectivity index (χ0n) is 7.70. The molecule has 0 radical (unpaired) electrons. The number of hydrogen-bond donors (Lipinski definition) is 1. The number of hydrogen-bond acceptors (Lipinski definition) is 2. The van der Waals surface area contributed by atoms with Crippen molar-refractivity contribution >= 4 is 0 Å². The molecule has 0 aliphatic heterocycles. The fourth-order valence-corrected chi connectivity index (χ4v) is 3.03. The number of fused-ring (bicyclic) bond motifs is 3. The maximum absolute atomic E-state index is 9.74. The molecule has 4 atom stereocenters. The van der Waals surface area contributed by atoms with Crippen LogP contribution in [0.5, 0.6) is 0 Å². The lowest BCUT2D eigenvalue weighted by atomic mass is 9.63. The molecule has 12 heavy (non-hydrogen) atoms. The van der Waals surface area contributed by atoms with Gasteiger partial charge in [-0.2, -0.15) is 0 Å². The molecule has 3 aliphatic rings. The second-order valence-corrected chi connectivity index (χ2v) is 4.36. The van der Waals surface area contributed by atoms with Gasteiger partial charge in [-0.25, -0.2) is 0 Å². The van der Waals surface area contributed by atoms with E-state index < -0.39 is 0 Å². The zero-order valence-corrected chi connectivity index (χ0v) is 7.70. The van der Waals surface area contributed by atoms with E-state index in [1.807, 2.05) is 0 Å². The molecule has 0 saturated heterocycles. The van der Waals surface area contributed by atoms with E-state index >= 15 is 0 Å². The maximum Gasteiger partial charge on any atom is 0.0574 e. The van der Waals surface area contributed by atoms with Gasteiger partial charge in [0.2, 0.25) is 0 Å². The third-order valence-corrected chi connectivity index (χ3v) is 3.60. The van der Waals surface area contributed by atoms with Crippen LogP contribution in [-0.2, 0) is 4.74 Å². The van der Waals surface area contributed by atoms with E-state index in [1.165, 1.54) is 19.3 Å². The summed E-state index contributed by atoms with van der Waals surface area (Å²) in [6, 6.07) is 0. The third-order valence-electron chi connectivity index (χ3n) is 3.60. The van der Waals surface area contributed by atoms with E-state index in [4.69, 9.17) is 4.74 Å². The molecule has 70 valence electrons. The highest BCUT2D eigenvalue weighted by Gasteiger charge is 2.40. The van der Waals surface area contributed by atoms with Gasteiger partial charge in [-0.15, -0.1) is 0 Å². The Hall–Kier alpha value is -0.0800. The van der Waals surface area contributed by atoms with Crippen LogP contribution in [0.25, 0.3) is 0 Å². The first-order valence-electron chi connectivity index (χ1n) is 4.98. The molecule has 0 spiro atoms. The molecule has 2 nitrogen and oxygen atoms in total. The zero-order chi connectivity index (χ0) is 8.55. The van der Waals surface area contributed by atoms with E-state index in [9.17, 15) is 5.11 Å². The number of methoxy groups -OCH3 is 1. The first-order valence-corrected chi connectivity index (χ1v) is 4.98. The minimum atomic E-state index is -0.0300. The van der Waals surface area contributed by atoms with Crippen molar-refractivity contribution in [1.82, 2.24) is 0 Å². The fraction of sp³-hybridized carbons (Fsp3) is 1.00. The molecule has 3 fully saturated rings. The Balaban J connectivity index is 1.99. The van der Waals surface area contributed by atoms with Crippen LogP contribution in [0.3, 0.4) is 0 Å². The van der Waals surface area contributed by atoms with Crippen LogP contribution in [0.2, 0.25) is 0 Å². The molecule has 0 aromatic rings. The van der Waals surface area contributed by atoms with Crippen LogP contribution in [0, 0.1) is 17.8 Å². The fourth-order valence-electron chi connectivity index (χ4n) is 3.03. The SMILES string of the molecule is COC[C@@H]1C[C@@H]2CC[C@H]1[C@H](O)C2. The topological polar surface area (TPSA) is 29.5 Å². The molecule has 0 heterocycles. The summed E-state index contributed by atoms with van der Waals surface area (Å²) in [6.45, 7) is 0.845. The van der Waals surface area contributed by atoms with Crippen LogP contribution in [-0.4, -0.2) is 24.9 Å². The van der Waals surface area contributed by atoms with Gasteiger partial charge < -0.3 is 9.84 Å². The Morgan fingerprint density at radius 2 is 2.17 bits per heavy atom. The Kier molecular flexibility index (Phi) is 2.37. The van der Waals surface area contributed by atoms with E-state index in [0.29, 0.717) is 11.8 Å². The van der Waals surface area contributed by atoms with Crippen molar-refractivity contribution in [3.63, 3.8) is 0 Å². The van der Waals surface area contributed by atoms with E-state index in [2.05, 4.69) is 0 Å². The number of ether oxygens (including phenoxy) is 1. The molecular weight excluding hydrogens is 152 g/mol. The summed E-state index contributed by atoms with van der Waals surface area (Å²) in [5.41, 5.74) is 0. The monoisotopic (exact) mass is 170 g/mol. The van der Waals surface area contributed by atoms with E-state index in [-0.39, 0.29) is 6.10 Å². The van der Waals surface area contributed by atoms with Crippen LogP contribution in [0.15, 0.2) is 0 Å². The Morgan fingerprint density at radius 1 is 1.33 bits per heavy atom. The lowest BCUT2D eigenvalue weighted by Crippen LogP contribution is -2.43. The van der Waals surface area contributed by atoms with Crippen molar-refractivity contribution in [2.45, 2.75) is 31.8 Å². The summed E-state index contributed by atoms with van der Waals surface area (Å²) in [5.74, 6) is 1.96. The Labute approximate surface area is 73.9 Å². The minimum Gasteiger partial charge on any atom is -0.393 e. The highest BCUT2D eigenvalue weighted by atomic mass is 16.5. The van der Waals surface area contributed by atoms with Crippen LogP contribution in [0.1, 0.15) is 25.7 Å². The van der Waals surface area contributed by atoms with Gasteiger partial charge in [-0.1, -0.05) is 0 Å². The molecule has 3 rings (SSSR count). The standard InChI is InChI=1S/C10H18O2/c1-12-6-8-4-7-2-3-9(8)10(11)5-7/h7-11H,2-6H2,1H3/t7-,8-,9+,10+/m0/s1.